The van der Waals surface area contributed by atoms with E-state index in [4.69, 9.17) is 5.73 Å². The van der Waals surface area contributed by atoms with Crippen LogP contribution in [-0.4, -0.2) is 29.0 Å². The molecule has 0 aliphatic carbocycles. The van der Waals surface area contributed by atoms with Crippen molar-refractivity contribution >= 4 is 0 Å². The molecule has 2 rings (SSSR count). The lowest BCUT2D eigenvalue weighted by Gasteiger charge is -2.42. The second-order valence-corrected chi connectivity index (χ2v) is 5.39. The van der Waals surface area contributed by atoms with Gasteiger partial charge >= 0.3 is 0 Å². The summed E-state index contributed by atoms with van der Waals surface area (Å²) in [4.78, 5) is 6.78. The minimum atomic E-state index is 0.421. The van der Waals surface area contributed by atoms with Gasteiger partial charge in [-0.05, 0) is 43.9 Å². The third-order valence-corrected chi connectivity index (χ3v) is 4.38. The topological polar surface area (TPSA) is 42.2 Å². The summed E-state index contributed by atoms with van der Waals surface area (Å²) in [5, 5.41) is 0. The van der Waals surface area contributed by atoms with Crippen LogP contribution in [0.3, 0.4) is 0 Å². The van der Waals surface area contributed by atoms with Crippen molar-refractivity contribution in [1.82, 2.24) is 9.88 Å². The maximum absolute atomic E-state index is 5.97. The van der Waals surface area contributed by atoms with E-state index in [-0.39, 0.29) is 0 Å². The monoisotopic (exact) mass is 247 g/mol. The van der Waals surface area contributed by atoms with Crippen LogP contribution in [0, 0.1) is 5.92 Å². The van der Waals surface area contributed by atoms with Crippen LogP contribution in [-0.2, 0) is 0 Å². The first-order valence-corrected chi connectivity index (χ1v) is 7.12. The van der Waals surface area contributed by atoms with Crippen LogP contribution in [0.1, 0.15) is 44.7 Å². The summed E-state index contributed by atoms with van der Waals surface area (Å²) >= 11 is 0. The zero-order valence-corrected chi connectivity index (χ0v) is 11.5. The fourth-order valence-electron chi connectivity index (χ4n) is 3.08. The zero-order valence-electron chi connectivity index (χ0n) is 11.5. The molecule has 3 unspecified atom stereocenters. The molecule has 1 aromatic heterocycles. The Kier molecular flexibility index (Phi) is 4.72. The summed E-state index contributed by atoms with van der Waals surface area (Å²) < 4.78 is 0. The average Bonchev–Trinajstić information content (AvgIpc) is 2.46. The molecule has 0 radical (unpaired) electrons. The summed E-state index contributed by atoms with van der Waals surface area (Å²) in [5.74, 6) is 0.857. The molecule has 3 nitrogen and oxygen atoms in total. The number of rotatable bonds is 4. The van der Waals surface area contributed by atoms with Gasteiger partial charge in [-0.3, -0.25) is 9.88 Å². The first-order chi connectivity index (χ1) is 8.76. The molecule has 1 fully saturated rings. The maximum Gasteiger partial charge on any atom is 0.0338 e. The summed E-state index contributed by atoms with van der Waals surface area (Å²) in [6.07, 6.45) is 7.64. The van der Waals surface area contributed by atoms with Gasteiger partial charge in [0.2, 0.25) is 0 Å². The van der Waals surface area contributed by atoms with Gasteiger partial charge in [0, 0.05) is 31.0 Å². The zero-order chi connectivity index (χ0) is 13.0. The highest BCUT2D eigenvalue weighted by molar-refractivity contribution is 5.13. The Labute approximate surface area is 110 Å². The lowest BCUT2D eigenvalue weighted by atomic mass is 9.87. The normalized spacial score (nSPS) is 27.1. The Morgan fingerprint density at radius 1 is 1.56 bits per heavy atom. The SMILES string of the molecule is CCC1CCN(C(C)c2cccnc2)C(CN)C1. The predicted octanol–water partition coefficient (Wildman–Crippen LogP) is 2.59. The van der Waals surface area contributed by atoms with Crippen molar-refractivity contribution in [3.8, 4) is 0 Å². The molecule has 3 atom stereocenters. The number of pyridine rings is 1. The van der Waals surface area contributed by atoms with Crippen LogP contribution < -0.4 is 5.73 Å². The standard InChI is InChI=1S/C15H25N3/c1-3-13-6-8-18(15(9-13)10-16)12(2)14-5-4-7-17-11-14/h4-5,7,11-13,15H,3,6,8-10,16H2,1-2H3. The number of likely N-dealkylation sites (tertiary alicyclic amines) is 1. The van der Waals surface area contributed by atoms with Crippen LogP contribution in [0.25, 0.3) is 0 Å². The van der Waals surface area contributed by atoms with Crippen molar-refractivity contribution in [2.75, 3.05) is 13.1 Å². The molecule has 1 saturated heterocycles. The van der Waals surface area contributed by atoms with Crippen LogP contribution in [0.15, 0.2) is 24.5 Å². The van der Waals surface area contributed by atoms with E-state index in [2.05, 4.69) is 29.8 Å². The Morgan fingerprint density at radius 3 is 3.00 bits per heavy atom. The number of aromatic nitrogens is 1. The van der Waals surface area contributed by atoms with Crippen molar-refractivity contribution in [1.29, 1.82) is 0 Å². The van der Waals surface area contributed by atoms with Crippen LogP contribution >= 0.6 is 0 Å². The van der Waals surface area contributed by atoms with Crippen molar-refractivity contribution in [3.05, 3.63) is 30.1 Å². The lowest BCUT2D eigenvalue weighted by molar-refractivity contribution is 0.0771. The molecule has 0 spiro atoms. The number of nitrogens with two attached hydrogens (primary N) is 1. The maximum atomic E-state index is 5.97. The highest BCUT2D eigenvalue weighted by Gasteiger charge is 2.30. The molecule has 100 valence electrons. The molecule has 2 heterocycles. The average molecular weight is 247 g/mol. The second-order valence-electron chi connectivity index (χ2n) is 5.39. The lowest BCUT2D eigenvalue weighted by Crippen LogP contribution is -2.47. The molecule has 0 bridgehead atoms. The van der Waals surface area contributed by atoms with Gasteiger partial charge < -0.3 is 5.73 Å². The van der Waals surface area contributed by atoms with Gasteiger partial charge in [-0.1, -0.05) is 19.4 Å². The van der Waals surface area contributed by atoms with E-state index in [1.165, 1.54) is 24.8 Å². The predicted molar refractivity (Wildman–Crippen MR) is 75.2 cm³/mol. The van der Waals surface area contributed by atoms with Crippen molar-refractivity contribution in [3.63, 3.8) is 0 Å². The quantitative estimate of drug-likeness (QED) is 0.889. The van der Waals surface area contributed by atoms with E-state index in [9.17, 15) is 0 Å². The number of hydrogen-bond acceptors (Lipinski definition) is 3. The second kappa shape index (κ2) is 6.30. The molecule has 2 N–H and O–H groups in total. The van der Waals surface area contributed by atoms with E-state index >= 15 is 0 Å². The van der Waals surface area contributed by atoms with Crippen molar-refractivity contribution < 1.29 is 0 Å². The van der Waals surface area contributed by atoms with Gasteiger partial charge in [-0.25, -0.2) is 0 Å². The molecule has 18 heavy (non-hydrogen) atoms. The number of piperidine rings is 1. The van der Waals surface area contributed by atoms with Gasteiger partial charge in [0.05, 0.1) is 0 Å². The molecule has 0 amide bonds. The van der Waals surface area contributed by atoms with E-state index < -0.39 is 0 Å². The smallest absolute Gasteiger partial charge is 0.0338 e. The fourth-order valence-corrected chi connectivity index (χ4v) is 3.08. The molecule has 0 saturated carbocycles. The summed E-state index contributed by atoms with van der Waals surface area (Å²) in [6, 6.07) is 5.13. The van der Waals surface area contributed by atoms with Crippen LogP contribution in [0.4, 0.5) is 0 Å². The Hall–Kier alpha value is -0.930. The van der Waals surface area contributed by atoms with Gasteiger partial charge in [-0.15, -0.1) is 0 Å². The number of nitrogens with zero attached hydrogens (tertiary/aromatic N) is 2. The van der Waals surface area contributed by atoms with E-state index in [1.807, 2.05) is 18.5 Å². The fraction of sp³-hybridized carbons (Fsp3) is 0.667. The highest BCUT2D eigenvalue weighted by atomic mass is 15.2. The van der Waals surface area contributed by atoms with E-state index in [0.29, 0.717) is 12.1 Å². The van der Waals surface area contributed by atoms with Crippen molar-refractivity contribution in [2.45, 2.75) is 45.2 Å². The third-order valence-electron chi connectivity index (χ3n) is 4.38. The highest BCUT2D eigenvalue weighted by Crippen LogP contribution is 2.31. The Balaban J connectivity index is 2.07. The molecule has 1 aromatic rings. The van der Waals surface area contributed by atoms with Crippen LogP contribution in [0.2, 0.25) is 0 Å². The van der Waals surface area contributed by atoms with E-state index in [0.717, 1.165) is 19.0 Å². The minimum Gasteiger partial charge on any atom is -0.329 e. The molecular weight excluding hydrogens is 222 g/mol. The molecular formula is C15H25N3. The minimum absolute atomic E-state index is 0.421. The van der Waals surface area contributed by atoms with E-state index in [1.54, 1.807) is 0 Å². The van der Waals surface area contributed by atoms with Gasteiger partial charge in [0.15, 0.2) is 0 Å². The van der Waals surface area contributed by atoms with Gasteiger partial charge in [0.25, 0.3) is 0 Å². The van der Waals surface area contributed by atoms with Crippen LogP contribution in [0.5, 0.6) is 0 Å². The summed E-state index contributed by atoms with van der Waals surface area (Å²) in [5.41, 5.74) is 7.27. The van der Waals surface area contributed by atoms with Gasteiger partial charge in [-0.2, -0.15) is 0 Å². The number of hydrogen-bond donors (Lipinski definition) is 1. The van der Waals surface area contributed by atoms with Gasteiger partial charge in [0.1, 0.15) is 0 Å². The Bertz CT molecular complexity index is 352. The molecule has 3 heteroatoms. The van der Waals surface area contributed by atoms with Crippen molar-refractivity contribution in [2.24, 2.45) is 11.7 Å². The molecule has 0 aromatic carbocycles. The first kappa shape index (κ1) is 13.5. The first-order valence-electron chi connectivity index (χ1n) is 7.12. The molecule has 1 aliphatic rings. The largest absolute Gasteiger partial charge is 0.329 e. The molecule has 1 aliphatic heterocycles. The summed E-state index contributed by atoms with van der Waals surface area (Å²) in [7, 11) is 0. The summed E-state index contributed by atoms with van der Waals surface area (Å²) in [6.45, 7) is 6.49. The third kappa shape index (κ3) is 2.90. The Morgan fingerprint density at radius 2 is 2.39 bits per heavy atom.